The van der Waals surface area contributed by atoms with Crippen LogP contribution >= 0.6 is 0 Å². The van der Waals surface area contributed by atoms with Gasteiger partial charge in [-0.25, -0.2) is 14.8 Å². The number of nitrogens with zero attached hydrogens (tertiary/aromatic N) is 3. The first-order valence-electron chi connectivity index (χ1n) is 11.4. The van der Waals surface area contributed by atoms with Gasteiger partial charge in [-0.05, 0) is 28.7 Å². The van der Waals surface area contributed by atoms with Gasteiger partial charge in [0.15, 0.2) is 0 Å². The topological polar surface area (TPSA) is 122 Å². The minimum absolute atomic E-state index is 0.0267. The number of hydrogen-bond acceptors (Lipinski definition) is 6. The van der Waals surface area contributed by atoms with Crippen LogP contribution in [0.2, 0.25) is 0 Å². The summed E-state index contributed by atoms with van der Waals surface area (Å²) in [5.74, 6) is -1.27. The van der Waals surface area contributed by atoms with E-state index in [0.717, 1.165) is 22.3 Å². The normalized spacial score (nSPS) is 11.9. The summed E-state index contributed by atoms with van der Waals surface area (Å²) >= 11 is 0. The summed E-state index contributed by atoms with van der Waals surface area (Å²) in [5.41, 5.74) is 4.75. The quantitative estimate of drug-likeness (QED) is 0.487. The Kier molecular flexibility index (Phi) is 7.35. The molecule has 9 heteroatoms. The number of alkyl carbamates (subject to hydrolysis) is 1. The van der Waals surface area contributed by atoms with Gasteiger partial charge in [0.05, 0.1) is 12.1 Å². The van der Waals surface area contributed by atoms with Crippen molar-refractivity contribution in [3.8, 4) is 11.1 Å². The molecule has 1 heterocycles. The third kappa shape index (κ3) is 5.46. The minimum atomic E-state index is -1.09. The predicted octanol–water partition coefficient (Wildman–Crippen LogP) is 3.45. The van der Waals surface area contributed by atoms with Crippen molar-refractivity contribution < 1.29 is 24.2 Å². The van der Waals surface area contributed by atoms with Crippen LogP contribution in [0.1, 0.15) is 46.6 Å². The molecule has 1 aromatic heterocycles. The molecule has 1 aliphatic carbocycles. The number of benzene rings is 2. The van der Waals surface area contributed by atoms with E-state index in [-0.39, 0.29) is 24.6 Å². The highest BCUT2D eigenvalue weighted by atomic mass is 16.5. The first-order chi connectivity index (χ1) is 17.0. The second-order valence-corrected chi connectivity index (χ2v) is 8.19. The standard InChI is InChI=1S/C26H26N4O5/c1-2-11-30(15-24(31)32)25(33)17-12-27-23(28-13-17)14-29-26(34)35-16-22-20-9-5-3-7-18(20)19-8-4-6-10-21(19)22/h3-10,12-13,22H,2,11,14-16H2,1H3,(H,29,34)(H,31,32). The molecule has 180 valence electrons. The van der Waals surface area contributed by atoms with Gasteiger partial charge in [-0.1, -0.05) is 55.5 Å². The van der Waals surface area contributed by atoms with Crippen LogP contribution in [0.3, 0.4) is 0 Å². The van der Waals surface area contributed by atoms with Gasteiger partial charge in [-0.15, -0.1) is 0 Å². The molecule has 0 radical (unpaired) electrons. The van der Waals surface area contributed by atoms with Crippen LogP contribution in [0.4, 0.5) is 4.79 Å². The van der Waals surface area contributed by atoms with Gasteiger partial charge < -0.3 is 20.1 Å². The molecule has 0 fully saturated rings. The average molecular weight is 475 g/mol. The fourth-order valence-electron chi connectivity index (χ4n) is 4.23. The van der Waals surface area contributed by atoms with Gasteiger partial charge in [-0.2, -0.15) is 0 Å². The van der Waals surface area contributed by atoms with E-state index in [1.54, 1.807) is 0 Å². The number of aliphatic carboxylic acids is 1. The van der Waals surface area contributed by atoms with Crippen LogP contribution in [0.25, 0.3) is 11.1 Å². The monoisotopic (exact) mass is 474 g/mol. The predicted molar refractivity (Wildman–Crippen MR) is 128 cm³/mol. The van der Waals surface area contributed by atoms with Crippen LogP contribution < -0.4 is 5.32 Å². The Balaban J connectivity index is 1.32. The molecule has 2 N–H and O–H groups in total. The lowest BCUT2D eigenvalue weighted by molar-refractivity contribution is -0.137. The summed E-state index contributed by atoms with van der Waals surface area (Å²) in [6.45, 7) is 2.01. The van der Waals surface area contributed by atoms with Gasteiger partial charge in [0.25, 0.3) is 5.91 Å². The van der Waals surface area contributed by atoms with E-state index in [0.29, 0.717) is 18.8 Å². The maximum atomic E-state index is 12.5. The van der Waals surface area contributed by atoms with Crippen molar-refractivity contribution >= 4 is 18.0 Å². The second-order valence-electron chi connectivity index (χ2n) is 8.19. The molecule has 0 atom stereocenters. The fourth-order valence-corrected chi connectivity index (χ4v) is 4.23. The first-order valence-corrected chi connectivity index (χ1v) is 11.4. The Morgan fingerprint density at radius 3 is 2.17 bits per heavy atom. The number of amides is 2. The zero-order chi connectivity index (χ0) is 24.8. The van der Waals surface area contributed by atoms with E-state index in [1.165, 1.54) is 17.3 Å². The molecule has 0 bridgehead atoms. The molecular formula is C26H26N4O5. The smallest absolute Gasteiger partial charge is 0.407 e. The lowest BCUT2D eigenvalue weighted by Crippen LogP contribution is -2.36. The molecule has 2 amide bonds. The van der Waals surface area contributed by atoms with E-state index < -0.39 is 24.5 Å². The summed E-state index contributed by atoms with van der Waals surface area (Å²) in [7, 11) is 0. The van der Waals surface area contributed by atoms with Crippen molar-refractivity contribution in [2.75, 3.05) is 19.7 Å². The molecule has 35 heavy (non-hydrogen) atoms. The average Bonchev–Trinajstić information content (AvgIpc) is 3.19. The van der Waals surface area contributed by atoms with Crippen LogP contribution in [0.5, 0.6) is 0 Å². The van der Waals surface area contributed by atoms with Crippen LogP contribution in [0.15, 0.2) is 60.9 Å². The van der Waals surface area contributed by atoms with Crippen molar-refractivity contribution in [2.45, 2.75) is 25.8 Å². The molecule has 0 saturated carbocycles. The Morgan fingerprint density at radius 2 is 1.60 bits per heavy atom. The molecule has 3 aromatic rings. The van der Waals surface area contributed by atoms with Gasteiger partial charge in [0.1, 0.15) is 19.0 Å². The summed E-state index contributed by atoms with van der Waals surface area (Å²) in [4.78, 5) is 45.3. The summed E-state index contributed by atoms with van der Waals surface area (Å²) in [6, 6.07) is 16.2. The molecule has 0 spiro atoms. The molecule has 4 rings (SSSR count). The van der Waals surface area contributed by atoms with E-state index in [2.05, 4.69) is 39.6 Å². The van der Waals surface area contributed by atoms with E-state index in [1.807, 2.05) is 31.2 Å². The second kappa shape index (κ2) is 10.8. The first kappa shape index (κ1) is 23.9. The maximum absolute atomic E-state index is 12.5. The SMILES string of the molecule is CCCN(CC(=O)O)C(=O)c1cnc(CNC(=O)OCC2c3ccccc3-c3ccccc32)nc1. The number of nitrogens with one attached hydrogen (secondary N) is 1. The third-order valence-electron chi connectivity index (χ3n) is 5.79. The Labute approximate surface area is 202 Å². The number of carboxylic acids is 1. The summed E-state index contributed by atoms with van der Waals surface area (Å²) in [5, 5.41) is 11.6. The summed E-state index contributed by atoms with van der Waals surface area (Å²) < 4.78 is 5.50. The molecule has 0 aliphatic heterocycles. The lowest BCUT2D eigenvalue weighted by atomic mass is 9.98. The highest BCUT2D eigenvalue weighted by molar-refractivity contribution is 5.95. The Hall–Kier alpha value is -4.27. The van der Waals surface area contributed by atoms with Crippen molar-refractivity contribution in [1.82, 2.24) is 20.2 Å². The van der Waals surface area contributed by atoms with Crippen molar-refractivity contribution in [1.29, 1.82) is 0 Å². The van der Waals surface area contributed by atoms with Crippen LogP contribution in [-0.2, 0) is 16.1 Å². The highest BCUT2D eigenvalue weighted by Gasteiger charge is 2.29. The van der Waals surface area contributed by atoms with Crippen molar-refractivity contribution in [3.63, 3.8) is 0 Å². The van der Waals surface area contributed by atoms with Gasteiger partial charge >= 0.3 is 12.1 Å². The van der Waals surface area contributed by atoms with Gasteiger partial charge in [0, 0.05) is 24.9 Å². The lowest BCUT2D eigenvalue weighted by Gasteiger charge is -2.19. The molecule has 1 aliphatic rings. The Bertz CT molecular complexity index is 1180. The van der Waals surface area contributed by atoms with Crippen molar-refractivity contribution in [2.24, 2.45) is 0 Å². The number of hydrogen-bond donors (Lipinski definition) is 2. The number of carboxylic acid groups (broad SMARTS) is 1. The number of carbonyl (C=O) groups excluding carboxylic acids is 2. The van der Waals surface area contributed by atoms with E-state index in [9.17, 15) is 14.4 Å². The third-order valence-corrected chi connectivity index (χ3v) is 5.79. The van der Waals surface area contributed by atoms with Gasteiger partial charge in [-0.3, -0.25) is 9.59 Å². The molecule has 2 aromatic carbocycles. The maximum Gasteiger partial charge on any atom is 0.407 e. The minimum Gasteiger partial charge on any atom is -0.480 e. The molecular weight excluding hydrogens is 448 g/mol. The highest BCUT2D eigenvalue weighted by Crippen LogP contribution is 2.44. The largest absolute Gasteiger partial charge is 0.480 e. The van der Waals surface area contributed by atoms with Gasteiger partial charge in [0.2, 0.25) is 0 Å². The molecule has 9 nitrogen and oxygen atoms in total. The number of rotatable bonds is 9. The van der Waals surface area contributed by atoms with E-state index in [4.69, 9.17) is 9.84 Å². The summed E-state index contributed by atoms with van der Waals surface area (Å²) in [6.07, 6.45) is 2.69. The number of fused-ring (bicyclic) bond motifs is 3. The van der Waals surface area contributed by atoms with Crippen LogP contribution in [-0.4, -0.2) is 57.6 Å². The number of ether oxygens (including phenoxy) is 1. The molecule has 0 saturated heterocycles. The fraction of sp³-hybridized carbons (Fsp3) is 0.269. The zero-order valence-electron chi connectivity index (χ0n) is 19.3. The number of carbonyl (C=O) groups is 3. The molecule has 0 unspecified atom stereocenters. The number of aromatic nitrogens is 2. The van der Waals surface area contributed by atoms with E-state index >= 15 is 0 Å². The zero-order valence-corrected chi connectivity index (χ0v) is 19.3. The van der Waals surface area contributed by atoms with Crippen LogP contribution in [0, 0.1) is 0 Å². The van der Waals surface area contributed by atoms with Crippen molar-refractivity contribution in [3.05, 3.63) is 83.4 Å². The Morgan fingerprint density at radius 1 is 1.00 bits per heavy atom.